The van der Waals surface area contributed by atoms with Gasteiger partial charge in [0.25, 0.3) is 0 Å². The lowest BCUT2D eigenvalue weighted by Crippen LogP contribution is -2.38. The Morgan fingerprint density at radius 3 is 2.68 bits per heavy atom. The Labute approximate surface area is 126 Å². The van der Waals surface area contributed by atoms with Crippen LogP contribution in [0.15, 0.2) is 18.2 Å². The smallest absolute Gasteiger partial charge is 0.0439 e. The highest BCUT2D eigenvalue weighted by Crippen LogP contribution is 2.36. The summed E-state index contributed by atoms with van der Waals surface area (Å²) in [6, 6.07) is 6.00. The summed E-state index contributed by atoms with van der Waals surface area (Å²) >= 11 is 12.3. The molecule has 1 aliphatic rings. The summed E-state index contributed by atoms with van der Waals surface area (Å²) in [7, 11) is 0. The zero-order valence-electron chi connectivity index (χ0n) is 11.7. The maximum Gasteiger partial charge on any atom is 0.0439 e. The van der Waals surface area contributed by atoms with E-state index in [1.165, 1.54) is 12.8 Å². The Morgan fingerprint density at radius 2 is 2.00 bits per heavy atom. The van der Waals surface area contributed by atoms with Gasteiger partial charge in [-0.05, 0) is 67.2 Å². The lowest BCUT2D eigenvalue weighted by molar-refractivity contribution is 0.189. The van der Waals surface area contributed by atoms with Crippen LogP contribution >= 0.6 is 23.2 Å². The van der Waals surface area contributed by atoms with E-state index in [0.29, 0.717) is 12.0 Å². The fourth-order valence-electron chi connectivity index (χ4n) is 3.15. The molecule has 1 aliphatic carbocycles. The van der Waals surface area contributed by atoms with Gasteiger partial charge in [-0.15, -0.1) is 0 Å². The second-order valence-electron chi connectivity index (χ2n) is 6.18. The Bertz CT molecular complexity index is 431. The first-order valence-electron chi connectivity index (χ1n) is 7.17. The average Bonchev–Trinajstić information content (AvgIpc) is 2.36. The van der Waals surface area contributed by atoms with E-state index >= 15 is 0 Å². The molecule has 1 fully saturated rings. The first-order chi connectivity index (χ1) is 8.97. The highest BCUT2D eigenvalue weighted by Gasteiger charge is 2.30. The van der Waals surface area contributed by atoms with Crippen LogP contribution in [0.5, 0.6) is 0 Å². The summed E-state index contributed by atoms with van der Waals surface area (Å²) in [6.07, 6.45) is 4.55. The molecule has 3 unspecified atom stereocenters. The first kappa shape index (κ1) is 15.2. The maximum absolute atomic E-state index is 6.30. The third-order valence-electron chi connectivity index (χ3n) is 4.51. The third-order valence-corrected chi connectivity index (χ3v) is 5.12. The lowest BCUT2D eigenvalue weighted by Gasteiger charge is -2.36. The highest BCUT2D eigenvalue weighted by molar-refractivity contribution is 6.33. The van der Waals surface area contributed by atoms with Gasteiger partial charge in [0, 0.05) is 16.1 Å². The molecule has 1 saturated carbocycles. The lowest BCUT2D eigenvalue weighted by atomic mass is 9.72. The van der Waals surface area contributed by atoms with Crippen LogP contribution in [0.25, 0.3) is 0 Å². The molecular formula is C16H23Cl2N. The van der Waals surface area contributed by atoms with Crippen LogP contribution in [-0.4, -0.2) is 6.04 Å². The molecule has 0 aromatic heterocycles. The largest absolute Gasteiger partial charge is 0.327 e. The fourth-order valence-corrected chi connectivity index (χ4v) is 3.54. The van der Waals surface area contributed by atoms with Crippen molar-refractivity contribution in [3.05, 3.63) is 33.8 Å². The Kier molecular flexibility index (Phi) is 5.16. The van der Waals surface area contributed by atoms with Gasteiger partial charge in [-0.3, -0.25) is 0 Å². The van der Waals surface area contributed by atoms with E-state index in [-0.39, 0.29) is 0 Å². The molecular weight excluding hydrogens is 277 g/mol. The van der Waals surface area contributed by atoms with E-state index in [1.807, 2.05) is 18.2 Å². The molecule has 0 spiro atoms. The molecule has 1 nitrogen and oxygen atoms in total. The fraction of sp³-hybridized carbons (Fsp3) is 0.625. The summed E-state index contributed by atoms with van der Waals surface area (Å²) < 4.78 is 0. The van der Waals surface area contributed by atoms with Gasteiger partial charge < -0.3 is 5.73 Å². The van der Waals surface area contributed by atoms with Crippen molar-refractivity contribution in [1.29, 1.82) is 0 Å². The molecule has 2 N–H and O–H groups in total. The van der Waals surface area contributed by atoms with E-state index in [9.17, 15) is 0 Å². The zero-order chi connectivity index (χ0) is 14.0. The summed E-state index contributed by atoms with van der Waals surface area (Å²) in [5, 5.41) is 1.56. The molecule has 0 bridgehead atoms. The van der Waals surface area contributed by atoms with Gasteiger partial charge in [-0.25, -0.2) is 0 Å². The quantitative estimate of drug-likeness (QED) is 0.841. The molecule has 0 aliphatic heterocycles. The van der Waals surface area contributed by atoms with Crippen LogP contribution in [0.2, 0.25) is 10.0 Å². The van der Waals surface area contributed by atoms with Crippen LogP contribution in [0.4, 0.5) is 0 Å². The second-order valence-corrected chi connectivity index (χ2v) is 7.02. The predicted molar refractivity (Wildman–Crippen MR) is 83.8 cm³/mol. The minimum absolute atomic E-state index is 0.296. The molecule has 0 saturated heterocycles. The summed E-state index contributed by atoms with van der Waals surface area (Å²) in [5.41, 5.74) is 7.44. The minimum atomic E-state index is 0.296. The van der Waals surface area contributed by atoms with Gasteiger partial charge in [0.1, 0.15) is 0 Å². The van der Waals surface area contributed by atoms with Crippen molar-refractivity contribution in [1.82, 2.24) is 0 Å². The van der Waals surface area contributed by atoms with Gasteiger partial charge >= 0.3 is 0 Å². The third kappa shape index (κ3) is 3.87. The number of halogens is 2. The van der Waals surface area contributed by atoms with Crippen LogP contribution in [-0.2, 0) is 6.42 Å². The van der Waals surface area contributed by atoms with Gasteiger partial charge in [0.15, 0.2) is 0 Å². The van der Waals surface area contributed by atoms with Crippen molar-refractivity contribution in [3.63, 3.8) is 0 Å². The van der Waals surface area contributed by atoms with E-state index in [1.54, 1.807) is 0 Å². The molecule has 19 heavy (non-hydrogen) atoms. The Morgan fingerprint density at radius 1 is 1.26 bits per heavy atom. The molecule has 1 aromatic rings. The van der Waals surface area contributed by atoms with Crippen molar-refractivity contribution in [2.75, 3.05) is 0 Å². The maximum atomic E-state index is 6.30. The zero-order valence-corrected chi connectivity index (χ0v) is 13.2. The summed E-state index contributed by atoms with van der Waals surface area (Å²) in [4.78, 5) is 0. The normalized spacial score (nSPS) is 27.8. The molecule has 2 rings (SSSR count). The number of rotatable bonds is 3. The van der Waals surface area contributed by atoms with Crippen molar-refractivity contribution in [2.24, 2.45) is 23.5 Å². The number of nitrogens with two attached hydrogens (primary N) is 1. The van der Waals surface area contributed by atoms with Crippen molar-refractivity contribution >= 4 is 23.2 Å². The molecule has 0 amide bonds. The predicted octanol–water partition coefficient (Wildman–Crippen LogP) is 4.94. The van der Waals surface area contributed by atoms with E-state index in [0.717, 1.165) is 40.3 Å². The summed E-state index contributed by atoms with van der Waals surface area (Å²) in [5.74, 6) is 2.06. The van der Waals surface area contributed by atoms with E-state index < -0.39 is 0 Å². The molecule has 1 aromatic carbocycles. The van der Waals surface area contributed by atoms with Crippen LogP contribution < -0.4 is 5.73 Å². The van der Waals surface area contributed by atoms with E-state index in [4.69, 9.17) is 28.9 Å². The molecule has 0 radical (unpaired) electrons. The van der Waals surface area contributed by atoms with Crippen LogP contribution in [0.3, 0.4) is 0 Å². The SMILES string of the molecule is CC(C)C1CCC(N)C(Cc2cc(Cl)ccc2Cl)C1. The second kappa shape index (κ2) is 6.47. The van der Waals surface area contributed by atoms with Gasteiger partial charge in [-0.1, -0.05) is 37.0 Å². The van der Waals surface area contributed by atoms with E-state index in [2.05, 4.69) is 13.8 Å². The molecule has 0 heterocycles. The standard InChI is InChI=1S/C16H23Cl2N/c1-10(2)11-3-6-16(19)13(7-11)8-12-9-14(17)4-5-15(12)18/h4-5,9-11,13,16H,3,6-8,19H2,1-2H3. The van der Waals surface area contributed by atoms with Crippen LogP contribution in [0, 0.1) is 17.8 Å². The van der Waals surface area contributed by atoms with Gasteiger partial charge in [0.2, 0.25) is 0 Å². The summed E-state index contributed by atoms with van der Waals surface area (Å²) in [6.45, 7) is 4.62. The minimum Gasteiger partial charge on any atom is -0.327 e. The Balaban J connectivity index is 2.09. The number of hydrogen-bond donors (Lipinski definition) is 1. The monoisotopic (exact) mass is 299 g/mol. The highest BCUT2D eigenvalue weighted by atomic mass is 35.5. The van der Waals surface area contributed by atoms with Gasteiger partial charge in [0.05, 0.1) is 0 Å². The number of benzene rings is 1. The van der Waals surface area contributed by atoms with Gasteiger partial charge in [-0.2, -0.15) is 0 Å². The van der Waals surface area contributed by atoms with Crippen molar-refractivity contribution in [3.8, 4) is 0 Å². The topological polar surface area (TPSA) is 26.0 Å². The van der Waals surface area contributed by atoms with Crippen molar-refractivity contribution in [2.45, 2.75) is 45.6 Å². The first-order valence-corrected chi connectivity index (χ1v) is 7.92. The average molecular weight is 300 g/mol. The number of hydrogen-bond acceptors (Lipinski definition) is 1. The van der Waals surface area contributed by atoms with Crippen molar-refractivity contribution < 1.29 is 0 Å². The molecule has 3 heteroatoms. The molecule has 3 atom stereocenters. The Hall–Kier alpha value is -0.240. The van der Waals surface area contributed by atoms with Crippen LogP contribution in [0.1, 0.15) is 38.7 Å². The molecule has 106 valence electrons.